The van der Waals surface area contributed by atoms with Crippen LogP contribution >= 0.6 is 22.9 Å². The molecule has 1 spiro atoms. The largest absolute Gasteiger partial charge is 0.469 e. The number of esters is 1. The molecule has 30 heavy (non-hydrogen) atoms. The van der Waals surface area contributed by atoms with E-state index in [0.29, 0.717) is 17.0 Å². The van der Waals surface area contributed by atoms with E-state index in [0.717, 1.165) is 20.9 Å². The number of carbonyl (C=O) groups is 1. The zero-order valence-corrected chi connectivity index (χ0v) is 18.1. The first kappa shape index (κ1) is 21.7. The Bertz CT molecular complexity index is 961. The van der Waals surface area contributed by atoms with Crippen molar-refractivity contribution in [3.63, 3.8) is 0 Å². The molecule has 7 nitrogen and oxygen atoms in total. The Kier molecular flexibility index (Phi) is 5.93. The van der Waals surface area contributed by atoms with Gasteiger partial charge in [-0.15, -0.1) is 11.3 Å². The highest BCUT2D eigenvalue weighted by atomic mass is 35.5. The van der Waals surface area contributed by atoms with Gasteiger partial charge in [0.05, 0.1) is 26.2 Å². The van der Waals surface area contributed by atoms with Crippen LogP contribution < -0.4 is 0 Å². The number of aliphatic hydroxyl groups is 3. The first-order valence-electron chi connectivity index (χ1n) is 9.57. The molecule has 0 saturated carbocycles. The minimum Gasteiger partial charge on any atom is -0.469 e. The predicted molar refractivity (Wildman–Crippen MR) is 109 cm³/mol. The van der Waals surface area contributed by atoms with Crippen LogP contribution in [0.25, 0.3) is 0 Å². The third-order valence-corrected chi connectivity index (χ3v) is 7.06. The van der Waals surface area contributed by atoms with Crippen molar-refractivity contribution < 1.29 is 34.3 Å². The van der Waals surface area contributed by atoms with E-state index in [2.05, 4.69) is 0 Å². The first-order chi connectivity index (χ1) is 14.2. The molecule has 2 aliphatic rings. The van der Waals surface area contributed by atoms with E-state index >= 15 is 0 Å². The number of methoxy groups -OCH3 is 1. The van der Waals surface area contributed by atoms with Gasteiger partial charge in [0.2, 0.25) is 5.79 Å². The summed E-state index contributed by atoms with van der Waals surface area (Å²) in [5.74, 6) is -1.85. The average Bonchev–Trinajstić information content (AvgIpc) is 3.30. The fourth-order valence-electron chi connectivity index (χ4n) is 3.96. The zero-order valence-electron chi connectivity index (χ0n) is 16.5. The molecule has 0 radical (unpaired) electrons. The number of rotatable bonds is 4. The van der Waals surface area contributed by atoms with Crippen molar-refractivity contribution in [2.75, 3.05) is 7.11 Å². The minimum atomic E-state index is -1.56. The molecule has 2 aromatic rings. The molecule has 1 aromatic carbocycles. The summed E-state index contributed by atoms with van der Waals surface area (Å²) >= 11 is 8.00. The molecular weight excluding hydrogens is 432 g/mol. The summed E-state index contributed by atoms with van der Waals surface area (Å²) in [6.07, 6.45) is -4.07. The van der Waals surface area contributed by atoms with Crippen LogP contribution in [0.3, 0.4) is 0 Å². The summed E-state index contributed by atoms with van der Waals surface area (Å²) < 4.78 is 16.4. The van der Waals surface area contributed by atoms with Crippen molar-refractivity contribution in [2.45, 2.75) is 56.6 Å². The van der Waals surface area contributed by atoms with Crippen molar-refractivity contribution in [1.82, 2.24) is 0 Å². The van der Waals surface area contributed by atoms with E-state index in [4.69, 9.17) is 25.8 Å². The molecule has 2 aliphatic heterocycles. The van der Waals surface area contributed by atoms with Gasteiger partial charge in [-0.2, -0.15) is 0 Å². The number of thiophene rings is 1. The Balaban J connectivity index is 1.64. The molecule has 3 heterocycles. The van der Waals surface area contributed by atoms with Crippen LogP contribution in [0.15, 0.2) is 24.3 Å². The van der Waals surface area contributed by atoms with E-state index < -0.39 is 30.2 Å². The highest BCUT2D eigenvalue weighted by molar-refractivity contribution is 7.12. The first-order valence-corrected chi connectivity index (χ1v) is 10.8. The van der Waals surface area contributed by atoms with Gasteiger partial charge in [0.1, 0.15) is 18.3 Å². The lowest BCUT2D eigenvalue weighted by Crippen LogP contribution is -2.62. The summed E-state index contributed by atoms with van der Waals surface area (Å²) in [5, 5.41) is 31.6. The van der Waals surface area contributed by atoms with E-state index in [-0.39, 0.29) is 19.0 Å². The Labute approximate surface area is 182 Å². The van der Waals surface area contributed by atoms with Gasteiger partial charge < -0.3 is 29.5 Å². The SMILES string of the molecule is COC(=O)Cc1ccc(Cc2cc3c(cc2Cl)CO[C@]32O[C@H](C)[C@@H](O)[C@H](O)[C@H]2O)s1. The number of benzene rings is 1. The second-order valence-corrected chi connectivity index (χ2v) is 9.26. The monoisotopic (exact) mass is 454 g/mol. The summed E-state index contributed by atoms with van der Waals surface area (Å²) in [6, 6.07) is 7.43. The molecule has 4 rings (SSSR count). The van der Waals surface area contributed by atoms with Crippen LogP contribution in [0.2, 0.25) is 5.02 Å². The second kappa shape index (κ2) is 8.20. The number of ether oxygens (including phenoxy) is 3. The predicted octanol–water partition coefficient (Wildman–Crippen LogP) is 1.89. The molecule has 0 bridgehead atoms. The van der Waals surface area contributed by atoms with Crippen molar-refractivity contribution in [3.8, 4) is 0 Å². The number of aliphatic hydroxyl groups excluding tert-OH is 3. The lowest BCUT2D eigenvalue weighted by Gasteiger charge is -2.45. The van der Waals surface area contributed by atoms with E-state index in [1.54, 1.807) is 13.0 Å². The van der Waals surface area contributed by atoms with Crippen LogP contribution in [0.4, 0.5) is 0 Å². The summed E-state index contributed by atoms with van der Waals surface area (Å²) in [6.45, 7) is 1.79. The van der Waals surface area contributed by atoms with Gasteiger partial charge in [0, 0.05) is 26.8 Å². The normalized spacial score (nSPS) is 30.5. The van der Waals surface area contributed by atoms with Gasteiger partial charge in [-0.05, 0) is 42.3 Å². The molecule has 9 heteroatoms. The van der Waals surface area contributed by atoms with Gasteiger partial charge in [0.15, 0.2) is 0 Å². The van der Waals surface area contributed by atoms with E-state index in [1.165, 1.54) is 18.4 Å². The quantitative estimate of drug-likeness (QED) is 0.606. The number of carbonyl (C=O) groups excluding carboxylic acids is 1. The lowest BCUT2D eigenvalue weighted by atomic mass is 9.87. The van der Waals surface area contributed by atoms with E-state index in [1.807, 2.05) is 18.2 Å². The zero-order chi connectivity index (χ0) is 21.6. The number of halogens is 1. The molecule has 0 amide bonds. The summed E-state index contributed by atoms with van der Waals surface area (Å²) in [7, 11) is 1.36. The number of hydrogen-bond acceptors (Lipinski definition) is 8. The van der Waals surface area contributed by atoms with Crippen LogP contribution in [-0.2, 0) is 44.2 Å². The molecule has 0 unspecified atom stereocenters. The molecule has 5 atom stereocenters. The maximum Gasteiger partial charge on any atom is 0.310 e. The van der Waals surface area contributed by atoms with Gasteiger partial charge in [-0.1, -0.05) is 11.6 Å². The fourth-order valence-corrected chi connectivity index (χ4v) is 5.24. The van der Waals surface area contributed by atoms with Crippen LogP contribution in [0.1, 0.15) is 33.4 Å². The summed E-state index contributed by atoms with van der Waals surface area (Å²) in [5.41, 5.74) is 2.16. The lowest BCUT2D eigenvalue weighted by molar-refractivity contribution is -0.362. The smallest absolute Gasteiger partial charge is 0.310 e. The standard InChI is InChI=1S/C21H23ClO7S/c1-10-18(24)19(25)20(26)21(29-10)15-6-11(16(22)7-12(15)9-28-21)5-13-3-4-14(30-13)8-17(23)27-2/h3-4,6-7,10,18-20,24-26H,5,8-9H2,1-2H3/t10-,18-,19+,20-,21+/m1/s1. The van der Waals surface area contributed by atoms with Gasteiger partial charge in [-0.25, -0.2) is 0 Å². The van der Waals surface area contributed by atoms with Gasteiger partial charge >= 0.3 is 5.97 Å². The van der Waals surface area contributed by atoms with Crippen molar-refractivity contribution in [3.05, 3.63) is 55.7 Å². The van der Waals surface area contributed by atoms with Crippen molar-refractivity contribution >= 4 is 28.9 Å². The van der Waals surface area contributed by atoms with Crippen LogP contribution in [0, 0.1) is 0 Å². The topological polar surface area (TPSA) is 105 Å². The molecule has 3 N–H and O–H groups in total. The number of fused-ring (bicyclic) bond motifs is 2. The highest BCUT2D eigenvalue weighted by Gasteiger charge is 2.57. The average molecular weight is 455 g/mol. The highest BCUT2D eigenvalue weighted by Crippen LogP contribution is 2.47. The van der Waals surface area contributed by atoms with Crippen LogP contribution in [-0.4, -0.2) is 52.8 Å². The van der Waals surface area contributed by atoms with Gasteiger partial charge in [0.25, 0.3) is 0 Å². The maximum atomic E-state index is 11.5. The minimum absolute atomic E-state index is 0.171. The third kappa shape index (κ3) is 3.67. The Hall–Kier alpha value is -1.52. The molecule has 1 fully saturated rings. The van der Waals surface area contributed by atoms with Crippen molar-refractivity contribution in [2.24, 2.45) is 0 Å². The third-order valence-electron chi connectivity index (χ3n) is 5.62. The Morgan fingerprint density at radius 3 is 2.73 bits per heavy atom. The van der Waals surface area contributed by atoms with E-state index in [9.17, 15) is 20.1 Å². The molecule has 1 saturated heterocycles. The molecular formula is C21H23ClO7S. The maximum absolute atomic E-state index is 11.5. The fraction of sp³-hybridized carbons (Fsp3) is 0.476. The Morgan fingerprint density at radius 2 is 2.00 bits per heavy atom. The van der Waals surface area contributed by atoms with Gasteiger partial charge in [-0.3, -0.25) is 4.79 Å². The number of hydrogen-bond donors (Lipinski definition) is 3. The molecule has 0 aliphatic carbocycles. The van der Waals surface area contributed by atoms with Crippen molar-refractivity contribution in [1.29, 1.82) is 0 Å². The Morgan fingerprint density at radius 1 is 1.27 bits per heavy atom. The summed E-state index contributed by atoms with van der Waals surface area (Å²) in [4.78, 5) is 13.4. The molecule has 162 valence electrons. The van der Waals surface area contributed by atoms with Crippen LogP contribution in [0.5, 0.6) is 0 Å². The molecule has 1 aromatic heterocycles. The second-order valence-electron chi connectivity index (χ2n) is 7.60.